The first-order chi connectivity index (χ1) is 13.8. The summed E-state index contributed by atoms with van der Waals surface area (Å²) in [4.78, 5) is 14.1. The third-order valence-electron chi connectivity index (χ3n) is 5.07. The van der Waals surface area contributed by atoms with Crippen LogP contribution in [-0.4, -0.2) is 43.7 Å². The molecule has 1 amide bonds. The van der Waals surface area contributed by atoms with Crippen LogP contribution >= 0.6 is 11.6 Å². The number of carbonyl (C=O) groups is 1. The highest BCUT2D eigenvalue weighted by Gasteiger charge is 2.28. The van der Waals surface area contributed by atoms with Crippen molar-refractivity contribution in [3.05, 3.63) is 64.4 Å². The number of rotatable bonds is 5. The zero-order chi connectivity index (χ0) is 21.0. The molecule has 1 fully saturated rings. The Morgan fingerprint density at radius 1 is 1.10 bits per heavy atom. The molecule has 0 spiro atoms. The Morgan fingerprint density at radius 2 is 1.76 bits per heavy atom. The fourth-order valence-corrected chi connectivity index (χ4v) is 5.45. The largest absolute Gasteiger partial charge is 0.337 e. The molecule has 1 heterocycles. The maximum atomic E-state index is 13.9. The average molecular weight is 439 g/mol. The highest BCUT2D eigenvalue weighted by Crippen LogP contribution is 2.28. The third-order valence-corrected chi connectivity index (χ3v) is 7.45. The van der Waals surface area contributed by atoms with E-state index < -0.39 is 21.7 Å². The van der Waals surface area contributed by atoms with E-state index in [4.69, 9.17) is 11.6 Å². The Bertz CT molecular complexity index is 989. The van der Waals surface area contributed by atoms with Crippen LogP contribution in [0.25, 0.3) is 0 Å². The van der Waals surface area contributed by atoms with E-state index in [2.05, 4.69) is 0 Å². The fourth-order valence-electron chi connectivity index (χ4n) is 3.43. The van der Waals surface area contributed by atoms with E-state index >= 15 is 0 Å². The highest BCUT2D eigenvalue weighted by molar-refractivity contribution is 7.89. The van der Waals surface area contributed by atoms with Crippen LogP contribution in [0.5, 0.6) is 0 Å². The minimum Gasteiger partial charge on any atom is -0.337 e. The summed E-state index contributed by atoms with van der Waals surface area (Å²) in [7, 11) is -2.24. The summed E-state index contributed by atoms with van der Waals surface area (Å²) in [6.07, 6.45) is 3.61. The average Bonchev–Trinajstić information content (AvgIpc) is 2.99. The molecule has 0 aliphatic carbocycles. The lowest BCUT2D eigenvalue weighted by Gasteiger charge is -2.22. The van der Waals surface area contributed by atoms with Crippen LogP contribution in [0.4, 0.5) is 4.39 Å². The Labute approximate surface area is 176 Å². The molecule has 0 radical (unpaired) electrons. The Hall–Kier alpha value is -1.96. The van der Waals surface area contributed by atoms with Crippen molar-refractivity contribution >= 4 is 27.5 Å². The molecule has 0 N–H and O–H groups in total. The van der Waals surface area contributed by atoms with Gasteiger partial charge in [-0.05, 0) is 37.1 Å². The lowest BCUT2D eigenvalue weighted by Crippen LogP contribution is -2.32. The van der Waals surface area contributed by atoms with Crippen molar-refractivity contribution in [2.75, 3.05) is 20.1 Å². The molecule has 0 saturated carbocycles. The van der Waals surface area contributed by atoms with E-state index in [1.807, 2.05) is 0 Å². The van der Waals surface area contributed by atoms with Crippen molar-refractivity contribution in [2.45, 2.75) is 37.1 Å². The molecule has 5 nitrogen and oxygen atoms in total. The van der Waals surface area contributed by atoms with E-state index in [1.165, 1.54) is 33.5 Å². The summed E-state index contributed by atoms with van der Waals surface area (Å²) in [5, 5.41) is 0.0857. The van der Waals surface area contributed by atoms with Gasteiger partial charge in [-0.3, -0.25) is 4.79 Å². The Morgan fingerprint density at radius 3 is 2.41 bits per heavy atom. The second-order valence-electron chi connectivity index (χ2n) is 7.22. The van der Waals surface area contributed by atoms with E-state index in [0.717, 1.165) is 25.7 Å². The number of hydrogen-bond acceptors (Lipinski definition) is 3. The Kier molecular flexibility index (Phi) is 6.93. The van der Waals surface area contributed by atoms with Crippen molar-refractivity contribution in [3.63, 3.8) is 0 Å². The van der Waals surface area contributed by atoms with Gasteiger partial charge in [0.05, 0.1) is 5.02 Å². The maximum Gasteiger partial charge on any atom is 0.253 e. The summed E-state index contributed by atoms with van der Waals surface area (Å²) in [6.45, 7) is 0.969. The minimum atomic E-state index is -3.79. The summed E-state index contributed by atoms with van der Waals surface area (Å²) in [5.41, 5.74) is 0.580. The number of sulfonamides is 1. The zero-order valence-corrected chi connectivity index (χ0v) is 17.8. The van der Waals surface area contributed by atoms with Crippen LogP contribution in [-0.2, 0) is 16.6 Å². The first-order valence-electron chi connectivity index (χ1n) is 9.59. The maximum absolute atomic E-state index is 13.9. The van der Waals surface area contributed by atoms with Gasteiger partial charge in [-0.2, -0.15) is 4.31 Å². The van der Waals surface area contributed by atoms with Crippen LogP contribution in [0, 0.1) is 5.82 Å². The zero-order valence-electron chi connectivity index (χ0n) is 16.3. The molecule has 156 valence electrons. The quantitative estimate of drug-likeness (QED) is 0.698. The number of amides is 1. The highest BCUT2D eigenvalue weighted by atomic mass is 35.5. The first-order valence-corrected chi connectivity index (χ1v) is 11.4. The van der Waals surface area contributed by atoms with E-state index in [-0.39, 0.29) is 22.0 Å². The number of hydrogen-bond donors (Lipinski definition) is 0. The number of carbonyl (C=O) groups excluding carboxylic acids is 1. The molecule has 0 bridgehead atoms. The normalized spacial score (nSPS) is 15.7. The third kappa shape index (κ3) is 4.97. The lowest BCUT2D eigenvalue weighted by atomic mass is 10.1. The smallest absolute Gasteiger partial charge is 0.253 e. The van der Waals surface area contributed by atoms with Gasteiger partial charge in [0.1, 0.15) is 10.7 Å². The minimum absolute atomic E-state index is 0.0637. The molecular formula is C21H24ClFN2O3S. The predicted octanol–water partition coefficient (Wildman–Crippen LogP) is 4.32. The van der Waals surface area contributed by atoms with Crippen molar-refractivity contribution < 1.29 is 17.6 Å². The summed E-state index contributed by atoms with van der Waals surface area (Å²) < 4.78 is 41.5. The van der Waals surface area contributed by atoms with Crippen molar-refractivity contribution in [2.24, 2.45) is 0 Å². The standard InChI is InChI=1S/C21H24ClFN2O3S/c1-24(15-17-8-4-5-9-19(17)23)21(26)16-10-11-18(22)20(14-16)29(27,28)25-12-6-2-3-7-13-25/h4-5,8-11,14H,2-3,6-7,12-13,15H2,1H3. The van der Waals surface area contributed by atoms with Gasteiger partial charge in [0.25, 0.3) is 5.91 Å². The molecule has 0 unspecified atom stereocenters. The predicted molar refractivity (Wildman–Crippen MR) is 111 cm³/mol. The number of benzene rings is 2. The van der Waals surface area contributed by atoms with Crippen molar-refractivity contribution in [1.82, 2.24) is 9.21 Å². The molecule has 3 rings (SSSR count). The molecule has 29 heavy (non-hydrogen) atoms. The summed E-state index contributed by atoms with van der Waals surface area (Å²) in [6, 6.07) is 10.5. The van der Waals surface area contributed by atoms with Gasteiger partial charge in [0, 0.05) is 37.8 Å². The first kappa shape index (κ1) is 21.7. The van der Waals surface area contributed by atoms with Crippen molar-refractivity contribution in [3.8, 4) is 0 Å². The lowest BCUT2D eigenvalue weighted by molar-refractivity contribution is 0.0783. The van der Waals surface area contributed by atoms with E-state index in [0.29, 0.717) is 18.7 Å². The topological polar surface area (TPSA) is 57.7 Å². The Balaban J connectivity index is 1.86. The molecule has 8 heteroatoms. The summed E-state index contributed by atoms with van der Waals surface area (Å²) >= 11 is 6.20. The molecule has 1 aliphatic heterocycles. The van der Waals surface area contributed by atoms with Crippen LogP contribution in [0.1, 0.15) is 41.6 Å². The second-order valence-corrected chi connectivity index (χ2v) is 9.53. The fraction of sp³-hybridized carbons (Fsp3) is 0.381. The molecule has 0 atom stereocenters. The summed E-state index contributed by atoms with van der Waals surface area (Å²) in [5.74, 6) is -0.801. The second kappa shape index (κ2) is 9.24. The van der Waals surface area contributed by atoms with Gasteiger partial charge < -0.3 is 4.90 Å². The van der Waals surface area contributed by atoms with Gasteiger partial charge >= 0.3 is 0 Å². The van der Waals surface area contributed by atoms with Gasteiger partial charge in [0.2, 0.25) is 10.0 Å². The van der Waals surface area contributed by atoms with Crippen LogP contribution in [0.15, 0.2) is 47.4 Å². The van der Waals surface area contributed by atoms with E-state index in [9.17, 15) is 17.6 Å². The number of halogens is 2. The monoisotopic (exact) mass is 438 g/mol. The number of nitrogens with zero attached hydrogens (tertiary/aromatic N) is 2. The molecule has 2 aromatic carbocycles. The molecule has 1 saturated heterocycles. The molecule has 2 aromatic rings. The van der Waals surface area contributed by atoms with Crippen LogP contribution < -0.4 is 0 Å². The molecule has 0 aromatic heterocycles. The molecule has 1 aliphatic rings. The van der Waals surface area contributed by atoms with E-state index in [1.54, 1.807) is 25.2 Å². The van der Waals surface area contributed by atoms with Gasteiger partial charge in [-0.15, -0.1) is 0 Å². The van der Waals surface area contributed by atoms with Gasteiger partial charge in [-0.1, -0.05) is 42.6 Å². The van der Waals surface area contributed by atoms with Gasteiger partial charge in [0.15, 0.2) is 0 Å². The van der Waals surface area contributed by atoms with Gasteiger partial charge in [-0.25, -0.2) is 12.8 Å². The van der Waals surface area contributed by atoms with Crippen molar-refractivity contribution in [1.29, 1.82) is 0 Å². The van der Waals surface area contributed by atoms with Crippen LogP contribution in [0.2, 0.25) is 5.02 Å². The SMILES string of the molecule is CN(Cc1ccccc1F)C(=O)c1ccc(Cl)c(S(=O)(=O)N2CCCCCC2)c1. The van der Waals surface area contributed by atoms with Crippen LogP contribution in [0.3, 0.4) is 0 Å². The molecular weight excluding hydrogens is 415 g/mol.